The van der Waals surface area contributed by atoms with E-state index in [0.717, 1.165) is 29.4 Å². The molecule has 0 amide bonds. The minimum atomic E-state index is -0.207. The van der Waals surface area contributed by atoms with Gasteiger partial charge in [-0.25, -0.2) is 4.39 Å². The Bertz CT molecular complexity index is 413. The van der Waals surface area contributed by atoms with Crippen LogP contribution in [0.25, 0.3) is 0 Å². The molecule has 2 atom stereocenters. The van der Waals surface area contributed by atoms with Gasteiger partial charge in [-0.1, -0.05) is 34.8 Å². The van der Waals surface area contributed by atoms with Crippen molar-refractivity contribution in [2.45, 2.75) is 43.6 Å². The molecule has 1 aliphatic carbocycles. The number of nitrogens with zero attached hydrogens (tertiary/aromatic N) is 1. The molecule has 0 N–H and O–H groups in total. The van der Waals surface area contributed by atoms with Crippen LogP contribution in [0.4, 0.5) is 4.39 Å². The van der Waals surface area contributed by atoms with Gasteiger partial charge in [0, 0.05) is 22.4 Å². The number of hydrogen-bond acceptors (Lipinski definition) is 1. The smallest absolute Gasteiger partial charge is 0.124 e. The fourth-order valence-electron chi connectivity index (χ4n) is 2.60. The molecule has 0 radical (unpaired) electrons. The minimum Gasteiger partial charge on any atom is -0.298 e. The van der Waals surface area contributed by atoms with E-state index >= 15 is 0 Å². The molecule has 1 aromatic carbocycles. The van der Waals surface area contributed by atoms with E-state index in [0.29, 0.717) is 6.04 Å². The van der Waals surface area contributed by atoms with Crippen LogP contribution in [0.2, 0.25) is 0 Å². The lowest BCUT2D eigenvalue weighted by atomic mass is 9.93. The normalized spacial score (nSPS) is 24.5. The van der Waals surface area contributed by atoms with Crippen LogP contribution in [-0.4, -0.2) is 23.4 Å². The lowest BCUT2D eigenvalue weighted by Crippen LogP contribution is -2.40. The van der Waals surface area contributed by atoms with Crippen molar-refractivity contribution in [3.63, 3.8) is 0 Å². The summed E-state index contributed by atoms with van der Waals surface area (Å²) >= 11 is 9.81. The van der Waals surface area contributed by atoms with Crippen molar-refractivity contribution in [1.29, 1.82) is 0 Å². The summed E-state index contributed by atoms with van der Waals surface area (Å²) in [5, 5.41) is 0.239. The average molecular weight is 335 g/mol. The number of hydrogen-bond donors (Lipinski definition) is 0. The molecule has 1 saturated carbocycles. The summed E-state index contributed by atoms with van der Waals surface area (Å²) in [6, 6.07) is 5.29. The number of rotatable bonds is 3. The number of halogens is 3. The van der Waals surface area contributed by atoms with Crippen molar-refractivity contribution in [3.8, 4) is 0 Å². The lowest BCUT2D eigenvalue weighted by molar-refractivity contribution is 0.188. The zero-order chi connectivity index (χ0) is 13.1. The Morgan fingerprint density at radius 3 is 2.78 bits per heavy atom. The van der Waals surface area contributed by atoms with E-state index in [9.17, 15) is 4.39 Å². The molecular weight excluding hydrogens is 317 g/mol. The van der Waals surface area contributed by atoms with Crippen molar-refractivity contribution in [3.05, 3.63) is 34.1 Å². The van der Waals surface area contributed by atoms with E-state index in [1.165, 1.54) is 25.0 Å². The van der Waals surface area contributed by atoms with E-state index in [2.05, 4.69) is 27.9 Å². The van der Waals surface area contributed by atoms with Gasteiger partial charge in [-0.15, -0.1) is 11.6 Å². The van der Waals surface area contributed by atoms with E-state index in [-0.39, 0.29) is 11.2 Å². The highest BCUT2D eigenvalue weighted by Gasteiger charge is 2.26. The maximum Gasteiger partial charge on any atom is 0.124 e. The van der Waals surface area contributed by atoms with Crippen molar-refractivity contribution < 1.29 is 4.39 Å². The fraction of sp³-hybridized carbons (Fsp3) is 0.571. The summed E-state index contributed by atoms with van der Waals surface area (Å²) in [6.07, 6.45) is 4.74. The molecule has 0 spiro atoms. The Balaban J connectivity index is 2.03. The maximum absolute atomic E-state index is 13.0. The lowest BCUT2D eigenvalue weighted by Gasteiger charge is -2.35. The Hall–Kier alpha value is -0.120. The third-order valence-corrected chi connectivity index (χ3v) is 4.90. The molecule has 1 fully saturated rings. The molecule has 0 saturated heterocycles. The highest BCUT2D eigenvalue weighted by Crippen LogP contribution is 2.28. The molecule has 2 rings (SSSR count). The van der Waals surface area contributed by atoms with Gasteiger partial charge in [0.15, 0.2) is 0 Å². The second-order valence-electron chi connectivity index (χ2n) is 5.02. The van der Waals surface area contributed by atoms with Gasteiger partial charge in [-0.3, -0.25) is 4.90 Å². The minimum absolute atomic E-state index is 0.207. The number of alkyl halides is 1. The molecule has 0 aliphatic heterocycles. The molecule has 0 heterocycles. The maximum atomic E-state index is 13.0. The molecular formula is C14H18BrClFN. The van der Waals surface area contributed by atoms with Gasteiger partial charge >= 0.3 is 0 Å². The summed E-state index contributed by atoms with van der Waals surface area (Å²) in [6.45, 7) is 0.800. The summed E-state index contributed by atoms with van der Waals surface area (Å²) in [5.74, 6) is -0.207. The Kier molecular flexibility index (Phi) is 5.05. The molecule has 1 aliphatic rings. The SMILES string of the molecule is CN(Cc1ccc(F)cc1Br)C1CCCCC1Cl. The standard InChI is InChI=1S/C14H18BrClFN/c1-18(14-5-3-2-4-13(14)16)9-10-6-7-11(17)8-12(10)15/h6-8,13-14H,2-5,9H2,1H3. The highest BCUT2D eigenvalue weighted by atomic mass is 79.9. The van der Waals surface area contributed by atoms with E-state index in [1.54, 1.807) is 0 Å². The predicted octanol–water partition coefficient (Wildman–Crippen LogP) is 4.57. The van der Waals surface area contributed by atoms with Crippen LogP contribution < -0.4 is 0 Å². The predicted molar refractivity (Wildman–Crippen MR) is 77.5 cm³/mol. The molecule has 4 heteroatoms. The fourth-order valence-corrected chi connectivity index (χ4v) is 3.55. The van der Waals surface area contributed by atoms with Crippen LogP contribution in [-0.2, 0) is 6.54 Å². The molecule has 18 heavy (non-hydrogen) atoms. The molecule has 1 aromatic rings. The largest absolute Gasteiger partial charge is 0.298 e. The van der Waals surface area contributed by atoms with Gasteiger partial charge in [0.1, 0.15) is 5.82 Å². The highest BCUT2D eigenvalue weighted by molar-refractivity contribution is 9.10. The van der Waals surface area contributed by atoms with Crippen molar-refractivity contribution in [1.82, 2.24) is 4.90 Å². The topological polar surface area (TPSA) is 3.24 Å². The monoisotopic (exact) mass is 333 g/mol. The summed E-state index contributed by atoms with van der Waals surface area (Å²) in [5.41, 5.74) is 1.10. The first kappa shape index (κ1) is 14.3. The molecule has 0 aromatic heterocycles. The first-order valence-corrected chi connectivity index (χ1v) is 7.59. The van der Waals surface area contributed by atoms with Crippen LogP contribution in [0.3, 0.4) is 0 Å². The van der Waals surface area contributed by atoms with Crippen LogP contribution in [0.1, 0.15) is 31.2 Å². The third-order valence-electron chi connectivity index (χ3n) is 3.65. The zero-order valence-corrected chi connectivity index (χ0v) is 12.8. The third kappa shape index (κ3) is 3.46. The molecule has 1 nitrogen and oxygen atoms in total. The summed E-state index contributed by atoms with van der Waals surface area (Å²) in [4.78, 5) is 2.29. The van der Waals surface area contributed by atoms with Crippen molar-refractivity contribution in [2.75, 3.05) is 7.05 Å². The first-order valence-electron chi connectivity index (χ1n) is 6.36. The Labute approximate surface area is 121 Å². The van der Waals surface area contributed by atoms with Crippen LogP contribution >= 0.6 is 27.5 Å². The first-order chi connectivity index (χ1) is 8.58. The van der Waals surface area contributed by atoms with Crippen LogP contribution in [0.5, 0.6) is 0 Å². The van der Waals surface area contributed by atoms with Crippen LogP contribution in [0, 0.1) is 5.82 Å². The van der Waals surface area contributed by atoms with Crippen molar-refractivity contribution >= 4 is 27.5 Å². The molecule has 100 valence electrons. The quantitative estimate of drug-likeness (QED) is 0.732. The van der Waals surface area contributed by atoms with Gasteiger partial charge in [0.25, 0.3) is 0 Å². The van der Waals surface area contributed by atoms with Gasteiger partial charge in [-0.2, -0.15) is 0 Å². The van der Waals surface area contributed by atoms with Gasteiger partial charge in [0.2, 0.25) is 0 Å². The summed E-state index contributed by atoms with van der Waals surface area (Å²) in [7, 11) is 2.10. The second kappa shape index (κ2) is 6.36. The van der Waals surface area contributed by atoms with E-state index in [4.69, 9.17) is 11.6 Å². The average Bonchev–Trinajstić information content (AvgIpc) is 2.33. The van der Waals surface area contributed by atoms with E-state index in [1.807, 2.05) is 6.07 Å². The van der Waals surface area contributed by atoms with Crippen molar-refractivity contribution in [2.24, 2.45) is 0 Å². The number of benzene rings is 1. The van der Waals surface area contributed by atoms with Gasteiger partial charge in [-0.05, 0) is 37.6 Å². The molecule has 0 bridgehead atoms. The van der Waals surface area contributed by atoms with E-state index < -0.39 is 0 Å². The zero-order valence-electron chi connectivity index (χ0n) is 10.5. The summed E-state index contributed by atoms with van der Waals surface area (Å²) < 4.78 is 13.9. The van der Waals surface area contributed by atoms with Crippen LogP contribution in [0.15, 0.2) is 22.7 Å². The Morgan fingerprint density at radius 1 is 1.39 bits per heavy atom. The van der Waals surface area contributed by atoms with Gasteiger partial charge in [0.05, 0.1) is 0 Å². The second-order valence-corrected chi connectivity index (χ2v) is 6.43. The molecule has 2 unspecified atom stereocenters. The van der Waals surface area contributed by atoms with Gasteiger partial charge < -0.3 is 0 Å². The Morgan fingerprint density at radius 2 is 2.11 bits per heavy atom.